The van der Waals surface area contributed by atoms with Crippen molar-refractivity contribution in [2.24, 2.45) is 0 Å². The largest absolute Gasteiger partial charge is 0.324 e. The Hall–Kier alpha value is -1.94. The van der Waals surface area contributed by atoms with Gasteiger partial charge in [0.25, 0.3) is 5.91 Å². The maximum absolute atomic E-state index is 12.8. The summed E-state index contributed by atoms with van der Waals surface area (Å²) in [6, 6.07) is 10.2. The number of hydrogen-bond acceptors (Lipinski definition) is 2. The van der Waals surface area contributed by atoms with Crippen LogP contribution in [0.2, 0.25) is 0 Å². The van der Waals surface area contributed by atoms with Crippen LogP contribution in [0.5, 0.6) is 0 Å². The molecular weight excluding hydrogens is 262 g/mol. The van der Waals surface area contributed by atoms with Gasteiger partial charge in [-0.15, -0.1) is 0 Å². The number of likely N-dealkylation sites (N-methyl/N-ethyl adjacent to an activating group) is 1. The Morgan fingerprint density at radius 1 is 1.33 bits per heavy atom. The monoisotopic (exact) mass is 282 g/mol. The van der Waals surface area contributed by atoms with Crippen LogP contribution in [0.15, 0.2) is 36.5 Å². The number of quaternary nitrogens is 1. The highest BCUT2D eigenvalue weighted by Crippen LogP contribution is 2.28. The van der Waals surface area contributed by atoms with Gasteiger partial charge in [0, 0.05) is 23.6 Å². The topological polar surface area (TPSA) is 33.2 Å². The fourth-order valence-corrected chi connectivity index (χ4v) is 3.78. The molecule has 3 heterocycles. The molecule has 2 aliphatic heterocycles. The first kappa shape index (κ1) is 12.8. The van der Waals surface area contributed by atoms with Crippen molar-refractivity contribution in [2.45, 2.75) is 12.5 Å². The molecule has 4 heteroatoms. The number of rotatable bonds is 1. The van der Waals surface area contributed by atoms with E-state index in [2.05, 4.69) is 16.9 Å². The van der Waals surface area contributed by atoms with Gasteiger partial charge in [-0.05, 0) is 24.3 Å². The van der Waals surface area contributed by atoms with Gasteiger partial charge in [0.2, 0.25) is 0 Å². The third kappa shape index (κ3) is 2.10. The van der Waals surface area contributed by atoms with Gasteiger partial charge in [0.15, 0.2) is 0 Å². The Morgan fingerprint density at radius 2 is 2.24 bits per heavy atom. The van der Waals surface area contributed by atoms with Crippen molar-refractivity contribution in [3.63, 3.8) is 0 Å². The highest BCUT2D eigenvalue weighted by atomic mass is 16.2. The molecule has 1 aromatic heterocycles. The number of carbonyl (C=O) groups is 1. The van der Waals surface area contributed by atoms with Crippen LogP contribution in [-0.4, -0.2) is 59.5 Å². The number of nitrogens with zero attached hydrogens (tertiary/aromatic N) is 3. The zero-order valence-electron chi connectivity index (χ0n) is 12.3. The molecule has 0 N–H and O–H groups in total. The molecule has 0 aliphatic carbocycles. The number of amides is 1. The molecule has 4 nitrogen and oxygen atoms in total. The Morgan fingerprint density at radius 3 is 3.14 bits per heavy atom. The summed E-state index contributed by atoms with van der Waals surface area (Å²) in [5.74, 6) is 0.180. The van der Waals surface area contributed by atoms with Gasteiger partial charge in [-0.1, -0.05) is 6.07 Å². The molecule has 2 atom stereocenters. The maximum atomic E-state index is 12.8. The zero-order valence-corrected chi connectivity index (χ0v) is 12.3. The lowest BCUT2D eigenvalue weighted by molar-refractivity contribution is -0.901. The smallest absolute Gasteiger partial charge is 0.254 e. The van der Waals surface area contributed by atoms with Crippen LogP contribution in [0.25, 0.3) is 10.9 Å². The number of carbonyl (C=O) groups excluding carboxylic acids is 1. The molecule has 2 bridgehead atoms. The number of hydrogen-bond donors (Lipinski definition) is 0. The third-order valence-corrected chi connectivity index (χ3v) is 5.09. The fourth-order valence-electron chi connectivity index (χ4n) is 3.78. The Kier molecular flexibility index (Phi) is 2.76. The summed E-state index contributed by atoms with van der Waals surface area (Å²) in [6.07, 6.45) is 2.92. The van der Waals surface area contributed by atoms with Gasteiger partial charge in [-0.25, -0.2) is 0 Å². The molecule has 21 heavy (non-hydrogen) atoms. The van der Waals surface area contributed by atoms with Crippen LogP contribution in [0.4, 0.5) is 0 Å². The Bertz CT molecular complexity index is 714. The van der Waals surface area contributed by atoms with Gasteiger partial charge in [-0.3, -0.25) is 9.78 Å². The van der Waals surface area contributed by atoms with E-state index in [1.54, 1.807) is 6.20 Å². The second-order valence-corrected chi connectivity index (χ2v) is 6.60. The highest BCUT2D eigenvalue weighted by Gasteiger charge is 2.44. The number of aromatic nitrogens is 1. The van der Waals surface area contributed by atoms with E-state index in [9.17, 15) is 4.79 Å². The lowest BCUT2D eigenvalue weighted by atomic mass is 10.1. The summed E-state index contributed by atoms with van der Waals surface area (Å²) in [5.41, 5.74) is 1.73. The molecule has 1 aromatic carbocycles. The molecule has 108 valence electrons. The van der Waals surface area contributed by atoms with Crippen molar-refractivity contribution in [3.05, 3.63) is 42.1 Å². The van der Waals surface area contributed by atoms with E-state index in [4.69, 9.17) is 0 Å². The van der Waals surface area contributed by atoms with E-state index in [0.29, 0.717) is 6.04 Å². The molecular formula is C17H20N3O+. The van der Waals surface area contributed by atoms with Gasteiger partial charge < -0.3 is 9.38 Å². The molecule has 2 fully saturated rings. The lowest BCUT2D eigenvalue weighted by Gasteiger charge is -2.39. The van der Waals surface area contributed by atoms with Crippen molar-refractivity contribution in [2.75, 3.05) is 33.2 Å². The summed E-state index contributed by atoms with van der Waals surface area (Å²) < 4.78 is 1.14. The molecule has 0 radical (unpaired) electrons. The lowest BCUT2D eigenvalue weighted by Crippen LogP contribution is -2.56. The first-order chi connectivity index (χ1) is 10.1. The second-order valence-electron chi connectivity index (χ2n) is 6.60. The van der Waals surface area contributed by atoms with Crippen LogP contribution in [0.3, 0.4) is 0 Å². The molecule has 0 spiro atoms. The molecule has 4 rings (SSSR count). The predicted octanol–water partition coefficient (Wildman–Crippen LogP) is 1.91. The van der Waals surface area contributed by atoms with Crippen LogP contribution in [0, 0.1) is 0 Å². The molecule has 2 unspecified atom stereocenters. The van der Waals surface area contributed by atoms with Gasteiger partial charge in [0.1, 0.15) is 0 Å². The van der Waals surface area contributed by atoms with Crippen molar-refractivity contribution in [1.29, 1.82) is 0 Å². The Balaban J connectivity index is 1.64. The zero-order chi connectivity index (χ0) is 14.4. The minimum atomic E-state index is 0.180. The van der Waals surface area contributed by atoms with Crippen LogP contribution >= 0.6 is 0 Å². The van der Waals surface area contributed by atoms with E-state index in [1.807, 2.05) is 30.3 Å². The number of benzene rings is 1. The average Bonchev–Trinajstić information content (AvgIpc) is 2.82. The summed E-state index contributed by atoms with van der Waals surface area (Å²) in [7, 11) is 2.31. The van der Waals surface area contributed by atoms with Crippen molar-refractivity contribution in [3.8, 4) is 0 Å². The summed E-state index contributed by atoms with van der Waals surface area (Å²) in [4.78, 5) is 19.2. The normalized spacial score (nSPS) is 28.0. The highest BCUT2D eigenvalue weighted by molar-refractivity contribution is 5.98. The second kappa shape index (κ2) is 4.53. The Labute approximate surface area is 124 Å². The van der Waals surface area contributed by atoms with Gasteiger partial charge >= 0.3 is 0 Å². The van der Waals surface area contributed by atoms with Crippen LogP contribution < -0.4 is 0 Å². The van der Waals surface area contributed by atoms with E-state index < -0.39 is 0 Å². The van der Waals surface area contributed by atoms with Crippen LogP contribution in [-0.2, 0) is 0 Å². The van der Waals surface area contributed by atoms with E-state index >= 15 is 0 Å². The van der Waals surface area contributed by atoms with E-state index in [0.717, 1.165) is 47.0 Å². The van der Waals surface area contributed by atoms with Crippen LogP contribution in [0.1, 0.15) is 16.8 Å². The third-order valence-electron chi connectivity index (χ3n) is 5.09. The van der Waals surface area contributed by atoms with E-state index in [-0.39, 0.29) is 5.91 Å². The predicted molar refractivity (Wildman–Crippen MR) is 82.0 cm³/mol. The summed E-state index contributed by atoms with van der Waals surface area (Å²) in [6.45, 7) is 4.28. The van der Waals surface area contributed by atoms with Crippen molar-refractivity contribution < 1.29 is 9.28 Å². The fraction of sp³-hybridized carbons (Fsp3) is 0.412. The quantitative estimate of drug-likeness (QED) is 0.749. The average molecular weight is 282 g/mol. The van der Waals surface area contributed by atoms with Gasteiger partial charge in [-0.2, -0.15) is 0 Å². The molecule has 1 amide bonds. The first-order valence-electron chi connectivity index (χ1n) is 7.64. The maximum Gasteiger partial charge on any atom is 0.254 e. The SMILES string of the molecule is C[N+]12CCC(C1)N(C(=O)c1ccc3ncccc3c1)CC2. The standard InChI is InChI=1S/C17H20N3O/c1-20-9-6-15(12-20)19(8-10-20)17(21)14-4-5-16-13(11-14)3-2-7-18-16/h2-5,7,11,15H,6,8-10,12H2,1H3/q+1. The first-order valence-corrected chi connectivity index (χ1v) is 7.64. The number of pyridine rings is 1. The summed E-state index contributed by atoms with van der Waals surface area (Å²) >= 11 is 0. The summed E-state index contributed by atoms with van der Waals surface area (Å²) in [5, 5.41) is 1.03. The molecule has 2 saturated heterocycles. The van der Waals surface area contributed by atoms with Crippen molar-refractivity contribution >= 4 is 16.8 Å². The van der Waals surface area contributed by atoms with Crippen molar-refractivity contribution in [1.82, 2.24) is 9.88 Å². The van der Waals surface area contributed by atoms with Gasteiger partial charge in [0.05, 0.1) is 44.8 Å². The molecule has 2 aromatic rings. The molecule has 0 saturated carbocycles. The number of fused-ring (bicyclic) bond motifs is 3. The molecule has 2 aliphatic rings. The number of piperazine rings is 1. The minimum absolute atomic E-state index is 0.180. The van der Waals surface area contributed by atoms with E-state index in [1.165, 1.54) is 6.54 Å². The minimum Gasteiger partial charge on any atom is -0.324 e.